The Morgan fingerprint density at radius 2 is 2.03 bits per heavy atom. The molecule has 3 nitrogen and oxygen atoms in total. The minimum absolute atomic E-state index is 0.0192. The van der Waals surface area contributed by atoms with Crippen molar-refractivity contribution in [3.63, 3.8) is 0 Å². The summed E-state index contributed by atoms with van der Waals surface area (Å²) in [5.74, 6) is 1.42. The number of pyridine rings is 1. The largest absolute Gasteiger partial charge is 0.423 e. The Morgan fingerprint density at radius 3 is 2.66 bits per heavy atom. The Bertz CT molecular complexity index is 893. The Hall–Kier alpha value is -2.42. The molecule has 158 valence electrons. The molecule has 29 heavy (non-hydrogen) atoms. The minimum atomic E-state index is -0.304. The highest BCUT2D eigenvalue weighted by Crippen LogP contribution is 2.50. The fourth-order valence-electron chi connectivity index (χ4n) is 4.00. The van der Waals surface area contributed by atoms with Gasteiger partial charge in [-0.3, -0.25) is 4.98 Å². The number of fused-ring (bicyclic) bond motifs is 3. The summed E-state index contributed by atoms with van der Waals surface area (Å²) < 4.78 is 5.65. The molecule has 0 fully saturated rings. The summed E-state index contributed by atoms with van der Waals surface area (Å²) in [5, 5.41) is 0.576. The normalized spacial score (nSPS) is 18.1. The van der Waals surface area contributed by atoms with Gasteiger partial charge in [-0.1, -0.05) is 66.2 Å². The number of allylic oxidation sites excluding steroid dienone is 3. The van der Waals surface area contributed by atoms with Gasteiger partial charge in [0.05, 0.1) is 10.9 Å². The predicted octanol–water partition coefficient (Wildman–Crippen LogP) is 7.54. The van der Waals surface area contributed by atoms with Gasteiger partial charge in [0.1, 0.15) is 5.76 Å². The fourth-order valence-corrected chi connectivity index (χ4v) is 4.00. The zero-order chi connectivity index (χ0) is 22.0. The Labute approximate surface area is 176 Å². The van der Waals surface area contributed by atoms with E-state index in [1.807, 2.05) is 26.0 Å². The number of hydrogen-bond donors (Lipinski definition) is 0. The molecule has 0 spiro atoms. The first-order chi connectivity index (χ1) is 14.0. The summed E-state index contributed by atoms with van der Waals surface area (Å²) in [6, 6.07) is 3.61. The second-order valence-corrected chi connectivity index (χ2v) is 7.24. The second-order valence-electron chi connectivity index (χ2n) is 7.24. The van der Waals surface area contributed by atoms with E-state index < -0.39 is 0 Å². The van der Waals surface area contributed by atoms with E-state index in [1.165, 1.54) is 0 Å². The van der Waals surface area contributed by atoms with E-state index in [-0.39, 0.29) is 17.0 Å². The van der Waals surface area contributed by atoms with Crippen molar-refractivity contribution in [3.05, 3.63) is 71.5 Å². The first-order valence-corrected chi connectivity index (χ1v) is 10.8. The molecule has 0 N–H and O–H groups in total. The van der Waals surface area contributed by atoms with Crippen LogP contribution in [0.15, 0.2) is 58.9 Å². The first kappa shape index (κ1) is 24.6. The molecular weight excluding hydrogens is 358 g/mol. The van der Waals surface area contributed by atoms with Gasteiger partial charge >= 0.3 is 5.63 Å². The molecule has 0 aliphatic heterocycles. The van der Waals surface area contributed by atoms with Crippen LogP contribution in [-0.4, -0.2) is 4.98 Å². The lowest BCUT2D eigenvalue weighted by Crippen LogP contribution is -2.32. The molecule has 2 aromatic rings. The molecular formula is C26H37NO2. The van der Waals surface area contributed by atoms with Crippen LogP contribution in [-0.2, 0) is 0 Å². The zero-order valence-electron chi connectivity index (χ0n) is 19.0. The van der Waals surface area contributed by atoms with E-state index in [9.17, 15) is 4.79 Å². The van der Waals surface area contributed by atoms with Crippen molar-refractivity contribution < 1.29 is 4.42 Å². The number of rotatable bonds is 5. The highest BCUT2D eigenvalue weighted by atomic mass is 16.4. The van der Waals surface area contributed by atoms with Gasteiger partial charge in [-0.25, -0.2) is 4.79 Å². The molecule has 0 saturated heterocycles. The molecule has 3 heteroatoms. The van der Waals surface area contributed by atoms with Gasteiger partial charge in [-0.05, 0) is 42.4 Å². The van der Waals surface area contributed by atoms with E-state index >= 15 is 0 Å². The molecule has 1 aliphatic rings. The third kappa shape index (κ3) is 4.95. The van der Waals surface area contributed by atoms with Crippen LogP contribution in [0.25, 0.3) is 17.0 Å². The van der Waals surface area contributed by atoms with Crippen LogP contribution in [0.2, 0.25) is 0 Å². The van der Waals surface area contributed by atoms with Crippen LogP contribution in [0, 0.1) is 11.3 Å². The third-order valence-corrected chi connectivity index (χ3v) is 5.88. The van der Waals surface area contributed by atoms with Crippen molar-refractivity contribution in [1.82, 2.24) is 4.98 Å². The molecule has 2 heterocycles. The summed E-state index contributed by atoms with van der Waals surface area (Å²) in [6.07, 6.45) is 13.5. The van der Waals surface area contributed by atoms with E-state index in [0.717, 1.165) is 30.3 Å². The second kappa shape index (κ2) is 11.5. The quantitative estimate of drug-likeness (QED) is 0.491. The topological polar surface area (TPSA) is 43.1 Å². The fraction of sp³-hybridized carbons (Fsp3) is 0.462. The average molecular weight is 396 g/mol. The molecule has 0 radical (unpaired) electrons. The van der Waals surface area contributed by atoms with Crippen LogP contribution >= 0.6 is 0 Å². The lowest BCUT2D eigenvalue weighted by atomic mass is 9.62. The van der Waals surface area contributed by atoms with Gasteiger partial charge in [0.15, 0.2) is 0 Å². The molecule has 3 atom stereocenters. The van der Waals surface area contributed by atoms with E-state index in [1.54, 1.807) is 12.3 Å². The lowest BCUT2D eigenvalue weighted by molar-refractivity contribution is 0.210. The SMILES string of the molecule is C=C.CC.CCC=CC(C)(C(C)CC)C1CC=Cc2oc(=O)c3cccnc3c21. The maximum absolute atomic E-state index is 12.3. The predicted molar refractivity (Wildman–Crippen MR) is 126 cm³/mol. The highest BCUT2D eigenvalue weighted by molar-refractivity contribution is 5.83. The first-order valence-electron chi connectivity index (χ1n) is 10.8. The lowest BCUT2D eigenvalue weighted by Gasteiger charge is -2.41. The van der Waals surface area contributed by atoms with Crippen molar-refractivity contribution in [1.29, 1.82) is 0 Å². The summed E-state index contributed by atoms with van der Waals surface area (Å²) in [4.78, 5) is 16.9. The number of nitrogens with zero attached hydrogens (tertiary/aromatic N) is 1. The summed E-state index contributed by atoms with van der Waals surface area (Å²) in [5.41, 5.74) is 1.56. The van der Waals surface area contributed by atoms with Gasteiger partial charge in [0.2, 0.25) is 0 Å². The maximum atomic E-state index is 12.3. The Kier molecular flexibility index (Phi) is 9.80. The van der Waals surface area contributed by atoms with E-state index in [2.05, 4.69) is 64.1 Å². The van der Waals surface area contributed by atoms with Crippen molar-refractivity contribution in [2.75, 3.05) is 0 Å². The van der Waals surface area contributed by atoms with Gasteiger partial charge in [0, 0.05) is 17.7 Å². The molecule has 3 unspecified atom stereocenters. The van der Waals surface area contributed by atoms with Crippen LogP contribution < -0.4 is 5.63 Å². The number of aromatic nitrogens is 1. The summed E-state index contributed by atoms with van der Waals surface area (Å²) in [6.45, 7) is 19.1. The van der Waals surface area contributed by atoms with Crippen molar-refractivity contribution >= 4 is 17.0 Å². The average Bonchev–Trinajstić information content (AvgIpc) is 2.79. The van der Waals surface area contributed by atoms with Gasteiger partial charge in [0.25, 0.3) is 0 Å². The third-order valence-electron chi connectivity index (χ3n) is 5.88. The molecule has 3 rings (SSSR count). The minimum Gasteiger partial charge on any atom is -0.423 e. The van der Waals surface area contributed by atoms with E-state index in [0.29, 0.717) is 17.1 Å². The highest BCUT2D eigenvalue weighted by Gasteiger charge is 2.40. The van der Waals surface area contributed by atoms with Crippen molar-refractivity contribution in [2.45, 2.75) is 66.7 Å². The van der Waals surface area contributed by atoms with Gasteiger partial charge in [-0.15, -0.1) is 13.2 Å². The Morgan fingerprint density at radius 1 is 1.34 bits per heavy atom. The monoisotopic (exact) mass is 395 g/mol. The molecule has 1 aliphatic carbocycles. The molecule has 0 amide bonds. The van der Waals surface area contributed by atoms with Gasteiger partial charge < -0.3 is 4.42 Å². The van der Waals surface area contributed by atoms with E-state index in [4.69, 9.17) is 4.42 Å². The molecule has 2 aromatic heterocycles. The summed E-state index contributed by atoms with van der Waals surface area (Å²) >= 11 is 0. The summed E-state index contributed by atoms with van der Waals surface area (Å²) in [7, 11) is 0. The van der Waals surface area contributed by atoms with Crippen LogP contribution in [0.5, 0.6) is 0 Å². The molecule has 0 saturated carbocycles. The standard InChI is InChI=1S/C22H27NO2.C2H6.C2H4/c1-5-7-13-22(4,15(3)6-2)17-11-8-12-18-19(17)20-16(21(24)25-18)10-9-14-23-20;2*1-2/h7-10,12-15,17H,5-6,11H2,1-4H3;1-2H3;1-2H2. The van der Waals surface area contributed by atoms with Crippen LogP contribution in [0.3, 0.4) is 0 Å². The van der Waals surface area contributed by atoms with Crippen molar-refractivity contribution in [2.24, 2.45) is 11.3 Å². The van der Waals surface area contributed by atoms with Crippen LogP contribution in [0.4, 0.5) is 0 Å². The van der Waals surface area contributed by atoms with Gasteiger partial charge in [-0.2, -0.15) is 0 Å². The smallest absolute Gasteiger partial charge is 0.345 e. The zero-order valence-corrected chi connectivity index (χ0v) is 19.0. The molecule has 0 aromatic carbocycles. The number of hydrogen-bond acceptors (Lipinski definition) is 3. The maximum Gasteiger partial charge on any atom is 0.345 e. The Balaban J connectivity index is 0.000000989. The molecule has 0 bridgehead atoms. The van der Waals surface area contributed by atoms with Crippen molar-refractivity contribution in [3.8, 4) is 0 Å². The van der Waals surface area contributed by atoms with Crippen LogP contribution in [0.1, 0.15) is 78.0 Å².